The molecule has 0 atom stereocenters. The molecule has 1 aliphatic heterocycles. The monoisotopic (exact) mass is 701 g/mol. The largest absolute Gasteiger partial charge is 0.494 e. The summed E-state index contributed by atoms with van der Waals surface area (Å²) in [7, 11) is 0. The molecule has 6 rings (SSSR count). The van der Waals surface area contributed by atoms with Crippen molar-refractivity contribution in [2.45, 2.75) is 52.0 Å². The maximum Gasteiger partial charge on any atom is 0.119 e. The molecule has 1 aromatic heterocycles. The molecule has 1 saturated heterocycles. The molecule has 2 heterocycles. The van der Waals surface area contributed by atoms with Gasteiger partial charge < -0.3 is 18.9 Å². The SMILES string of the molecule is CCN(CC)CCCOc1ccc(-n2cc(-c3ccc(OCCc4ccc(Cl)cc4)cc3)nc2C2CCN(Cc3ccc(C#N)cc3)CC2)cc1. The Morgan fingerprint density at radius 3 is 2.08 bits per heavy atom. The average Bonchev–Trinajstić information content (AvgIpc) is 3.62. The summed E-state index contributed by atoms with van der Waals surface area (Å²) in [5.41, 5.74) is 6.24. The molecular weight excluding hydrogens is 654 g/mol. The molecule has 0 unspecified atom stereocenters. The van der Waals surface area contributed by atoms with Crippen LogP contribution < -0.4 is 9.47 Å². The Hall–Kier alpha value is -4.61. The van der Waals surface area contributed by atoms with E-state index in [1.165, 1.54) is 11.1 Å². The first-order chi connectivity index (χ1) is 25.0. The number of halogens is 1. The van der Waals surface area contributed by atoms with Crippen molar-refractivity contribution in [3.05, 3.63) is 131 Å². The highest BCUT2D eigenvalue weighted by Gasteiger charge is 2.26. The number of rotatable bonds is 16. The fourth-order valence-corrected chi connectivity index (χ4v) is 6.83. The van der Waals surface area contributed by atoms with Crippen molar-refractivity contribution < 1.29 is 9.47 Å². The van der Waals surface area contributed by atoms with Gasteiger partial charge in [-0.05, 0) is 129 Å². The van der Waals surface area contributed by atoms with Crippen LogP contribution in [-0.2, 0) is 13.0 Å². The third-order valence-corrected chi connectivity index (χ3v) is 10.0. The Bertz CT molecular complexity index is 1840. The summed E-state index contributed by atoms with van der Waals surface area (Å²) >= 11 is 6.03. The lowest BCUT2D eigenvalue weighted by atomic mass is 9.95. The van der Waals surface area contributed by atoms with Crippen LogP contribution in [0.15, 0.2) is 103 Å². The Balaban J connectivity index is 1.14. The quantitative estimate of drug-likeness (QED) is 0.0957. The molecule has 0 spiro atoms. The minimum atomic E-state index is 0.336. The van der Waals surface area contributed by atoms with E-state index >= 15 is 0 Å². The van der Waals surface area contributed by atoms with Crippen molar-refractivity contribution in [1.82, 2.24) is 19.4 Å². The van der Waals surface area contributed by atoms with E-state index in [1.54, 1.807) is 0 Å². The van der Waals surface area contributed by atoms with Crippen LogP contribution in [-0.4, -0.2) is 65.3 Å². The summed E-state index contributed by atoms with van der Waals surface area (Å²) in [5, 5.41) is 9.90. The van der Waals surface area contributed by atoms with E-state index < -0.39 is 0 Å². The number of ether oxygens (including phenoxy) is 2. The van der Waals surface area contributed by atoms with E-state index in [1.807, 2.05) is 48.5 Å². The smallest absolute Gasteiger partial charge is 0.119 e. The van der Waals surface area contributed by atoms with Crippen molar-refractivity contribution >= 4 is 11.6 Å². The number of hydrogen-bond donors (Lipinski definition) is 0. The first-order valence-corrected chi connectivity index (χ1v) is 18.6. The molecule has 0 aliphatic carbocycles. The minimum Gasteiger partial charge on any atom is -0.494 e. The van der Waals surface area contributed by atoms with Gasteiger partial charge in [-0.3, -0.25) is 4.90 Å². The molecule has 5 aromatic rings. The van der Waals surface area contributed by atoms with Gasteiger partial charge in [0.15, 0.2) is 0 Å². The van der Waals surface area contributed by atoms with Gasteiger partial charge in [-0.1, -0.05) is 49.7 Å². The molecule has 7 nitrogen and oxygen atoms in total. The molecule has 0 saturated carbocycles. The molecule has 8 heteroatoms. The molecule has 51 heavy (non-hydrogen) atoms. The number of imidazole rings is 1. The van der Waals surface area contributed by atoms with Gasteiger partial charge in [-0.2, -0.15) is 5.26 Å². The molecule has 1 fully saturated rings. The highest BCUT2D eigenvalue weighted by atomic mass is 35.5. The van der Waals surface area contributed by atoms with Crippen LogP contribution in [0.3, 0.4) is 0 Å². The van der Waals surface area contributed by atoms with Gasteiger partial charge in [0.1, 0.15) is 17.3 Å². The zero-order valence-electron chi connectivity index (χ0n) is 29.8. The highest BCUT2D eigenvalue weighted by molar-refractivity contribution is 6.30. The van der Waals surface area contributed by atoms with Crippen LogP contribution >= 0.6 is 11.6 Å². The predicted molar refractivity (Wildman–Crippen MR) is 206 cm³/mol. The zero-order chi connectivity index (χ0) is 35.4. The van der Waals surface area contributed by atoms with Gasteiger partial charge in [0, 0.05) is 47.9 Å². The number of aromatic nitrogens is 2. The van der Waals surface area contributed by atoms with Crippen molar-refractivity contribution in [2.24, 2.45) is 0 Å². The van der Waals surface area contributed by atoms with E-state index in [0.717, 1.165) is 104 Å². The molecule has 264 valence electrons. The first kappa shape index (κ1) is 36.2. The predicted octanol–water partition coefficient (Wildman–Crippen LogP) is 9.18. The van der Waals surface area contributed by atoms with Gasteiger partial charge in [0.05, 0.1) is 30.5 Å². The Labute approximate surface area is 308 Å². The molecule has 0 amide bonds. The molecule has 0 bridgehead atoms. The van der Waals surface area contributed by atoms with Crippen LogP contribution in [0.25, 0.3) is 16.9 Å². The number of piperidine rings is 1. The summed E-state index contributed by atoms with van der Waals surface area (Å²) in [4.78, 5) is 10.2. The van der Waals surface area contributed by atoms with E-state index in [2.05, 4.69) is 89.0 Å². The van der Waals surface area contributed by atoms with Crippen LogP contribution in [0, 0.1) is 11.3 Å². The molecule has 4 aromatic carbocycles. The lowest BCUT2D eigenvalue weighted by Gasteiger charge is -2.32. The normalized spacial score (nSPS) is 13.7. The maximum absolute atomic E-state index is 9.16. The third-order valence-electron chi connectivity index (χ3n) is 9.79. The zero-order valence-corrected chi connectivity index (χ0v) is 30.6. The van der Waals surface area contributed by atoms with E-state index in [0.29, 0.717) is 24.7 Å². The van der Waals surface area contributed by atoms with Gasteiger partial charge in [-0.25, -0.2) is 4.98 Å². The topological polar surface area (TPSA) is 66.5 Å². The number of nitriles is 1. The molecule has 0 N–H and O–H groups in total. The van der Waals surface area contributed by atoms with Crippen molar-refractivity contribution in [3.8, 4) is 34.5 Å². The Kier molecular flexibility index (Phi) is 12.8. The summed E-state index contributed by atoms with van der Waals surface area (Å²) < 4.78 is 14.5. The van der Waals surface area contributed by atoms with Crippen LogP contribution in [0.1, 0.15) is 61.5 Å². The second kappa shape index (κ2) is 18.1. The van der Waals surface area contributed by atoms with E-state index in [-0.39, 0.29) is 0 Å². The fourth-order valence-electron chi connectivity index (χ4n) is 6.70. The summed E-state index contributed by atoms with van der Waals surface area (Å²) in [6.45, 7) is 11.8. The van der Waals surface area contributed by atoms with Crippen molar-refractivity contribution in [3.63, 3.8) is 0 Å². The molecule has 0 radical (unpaired) electrons. The maximum atomic E-state index is 9.16. The van der Waals surface area contributed by atoms with Gasteiger partial charge in [0.2, 0.25) is 0 Å². The number of hydrogen-bond acceptors (Lipinski definition) is 6. The van der Waals surface area contributed by atoms with E-state index in [4.69, 9.17) is 31.3 Å². The fraction of sp³-hybridized carbons (Fsp3) is 0.349. The van der Waals surface area contributed by atoms with Crippen LogP contribution in [0.2, 0.25) is 5.02 Å². The third kappa shape index (κ3) is 10.0. The lowest BCUT2D eigenvalue weighted by molar-refractivity contribution is 0.201. The first-order valence-electron chi connectivity index (χ1n) is 18.2. The Morgan fingerprint density at radius 1 is 0.804 bits per heavy atom. The number of likely N-dealkylation sites (tertiary alicyclic amines) is 1. The summed E-state index contributed by atoms with van der Waals surface area (Å²) in [6.07, 6.45) is 6.06. The summed E-state index contributed by atoms with van der Waals surface area (Å²) in [5.74, 6) is 3.17. The lowest BCUT2D eigenvalue weighted by Crippen LogP contribution is -2.33. The standard InChI is InChI=1S/C43H48ClN5O2/c1-3-47(4-2)25-5-28-50-41-20-16-39(17-21-41)49-32-42(36-12-18-40(19-13-36)51-29-24-33-10-14-38(44)15-11-33)46-43(49)37-22-26-48(27-23-37)31-35-8-6-34(30-45)7-9-35/h6-21,32,37H,3-5,22-29,31H2,1-2H3. The average molecular weight is 702 g/mol. The van der Waals surface area contributed by atoms with Crippen LogP contribution in [0.4, 0.5) is 0 Å². The second-order valence-electron chi connectivity index (χ2n) is 13.2. The summed E-state index contributed by atoms with van der Waals surface area (Å²) in [6, 6.07) is 34.8. The van der Waals surface area contributed by atoms with Gasteiger partial charge in [0.25, 0.3) is 0 Å². The second-order valence-corrected chi connectivity index (χ2v) is 13.6. The highest BCUT2D eigenvalue weighted by Crippen LogP contribution is 2.33. The number of nitrogens with zero attached hydrogens (tertiary/aromatic N) is 5. The minimum absolute atomic E-state index is 0.336. The molecule has 1 aliphatic rings. The van der Waals surface area contributed by atoms with Crippen molar-refractivity contribution in [1.29, 1.82) is 5.26 Å². The van der Waals surface area contributed by atoms with Crippen LogP contribution in [0.5, 0.6) is 11.5 Å². The van der Waals surface area contributed by atoms with Gasteiger partial charge >= 0.3 is 0 Å². The van der Waals surface area contributed by atoms with E-state index in [9.17, 15) is 0 Å². The van der Waals surface area contributed by atoms with Gasteiger partial charge in [-0.15, -0.1) is 0 Å². The van der Waals surface area contributed by atoms with Crippen molar-refractivity contribution in [2.75, 3.05) is 45.9 Å². The molecular formula is C43H48ClN5O2. The number of benzene rings is 4. The Morgan fingerprint density at radius 2 is 1.43 bits per heavy atom.